The molecule has 0 aliphatic carbocycles. The highest BCUT2D eigenvalue weighted by Crippen LogP contribution is 2.05. The summed E-state index contributed by atoms with van der Waals surface area (Å²) in [5, 5.41) is 0.0880. The molecule has 0 atom stereocenters. The van der Waals surface area contributed by atoms with Gasteiger partial charge in [0.2, 0.25) is 0 Å². The predicted molar refractivity (Wildman–Crippen MR) is 57.9 cm³/mol. The summed E-state index contributed by atoms with van der Waals surface area (Å²) >= 11 is 0. The molecule has 0 bridgehead atoms. The second kappa shape index (κ2) is 4.76. The highest BCUT2D eigenvalue weighted by Gasteiger charge is 2.16. The minimum Gasteiger partial charge on any atom is -0.336 e. The zero-order valence-corrected chi connectivity index (χ0v) is 10.1. The normalized spacial score (nSPS) is 12.3. The molecule has 5 nitrogen and oxygen atoms in total. The molecule has 1 heterocycles. The number of sulfonamides is 1. The van der Waals surface area contributed by atoms with Gasteiger partial charge in [-0.15, -0.1) is 0 Å². The lowest BCUT2D eigenvalue weighted by Gasteiger charge is -2.06. The Morgan fingerprint density at radius 3 is 2.67 bits per heavy atom. The molecule has 0 spiro atoms. The van der Waals surface area contributed by atoms with Crippen LogP contribution in [0, 0.1) is 5.92 Å². The topological polar surface area (TPSA) is 64.0 Å². The van der Waals surface area contributed by atoms with Crippen molar-refractivity contribution >= 4 is 10.0 Å². The summed E-state index contributed by atoms with van der Waals surface area (Å²) in [5.74, 6) is 0.285. The van der Waals surface area contributed by atoms with Crippen LogP contribution in [0.3, 0.4) is 0 Å². The van der Waals surface area contributed by atoms with Gasteiger partial charge in [0.15, 0.2) is 5.03 Å². The summed E-state index contributed by atoms with van der Waals surface area (Å²) in [7, 11) is -3.43. The Bertz CT molecular complexity index is 409. The van der Waals surface area contributed by atoms with Gasteiger partial charge >= 0.3 is 0 Å². The molecule has 86 valence electrons. The molecule has 1 rings (SSSR count). The van der Waals surface area contributed by atoms with Gasteiger partial charge in [0.1, 0.15) is 0 Å². The molecule has 1 N–H and O–H groups in total. The first-order valence-electron chi connectivity index (χ1n) is 4.97. The smallest absolute Gasteiger partial charge is 0.259 e. The lowest BCUT2D eigenvalue weighted by atomic mass is 10.2. The molecule has 0 saturated carbocycles. The Morgan fingerprint density at radius 2 is 2.20 bits per heavy atom. The number of nitrogens with zero attached hydrogens (tertiary/aromatic N) is 2. The average Bonchev–Trinajstić information content (AvgIpc) is 2.63. The highest BCUT2D eigenvalue weighted by atomic mass is 32.2. The first kappa shape index (κ1) is 12.2. The predicted octanol–water partition coefficient (Wildman–Crippen LogP) is 0.837. The summed E-state index contributed by atoms with van der Waals surface area (Å²) in [6, 6.07) is 0. The number of hydrogen-bond acceptors (Lipinski definition) is 3. The molecule has 0 aliphatic heterocycles. The van der Waals surface area contributed by atoms with Crippen molar-refractivity contribution in [2.45, 2.75) is 32.3 Å². The van der Waals surface area contributed by atoms with E-state index in [0.717, 1.165) is 0 Å². The van der Waals surface area contributed by atoms with Gasteiger partial charge in [0.25, 0.3) is 10.0 Å². The molecule has 0 radical (unpaired) electrons. The first-order valence-corrected chi connectivity index (χ1v) is 6.45. The van der Waals surface area contributed by atoms with Gasteiger partial charge in [0.05, 0.1) is 6.33 Å². The van der Waals surface area contributed by atoms with Gasteiger partial charge < -0.3 is 4.57 Å². The fourth-order valence-electron chi connectivity index (χ4n) is 1.00. The second-order valence-electron chi connectivity index (χ2n) is 3.79. The van der Waals surface area contributed by atoms with E-state index in [-0.39, 0.29) is 10.9 Å². The average molecular weight is 231 g/mol. The molecule has 0 aromatic carbocycles. The molecule has 1 aromatic rings. The standard InChI is InChI=1S/C9H17N3O2S/c1-4-12-6-9(10-7-12)15(13,14)11-5-8(2)3/h6-8,11H,4-5H2,1-3H3. The summed E-state index contributed by atoms with van der Waals surface area (Å²) in [6.45, 7) is 6.98. The highest BCUT2D eigenvalue weighted by molar-refractivity contribution is 7.89. The van der Waals surface area contributed by atoms with Gasteiger partial charge in [-0.1, -0.05) is 13.8 Å². The zero-order chi connectivity index (χ0) is 11.5. The number of aryl methyl sites for hydroxylation is 1. The van der Waals surface area contributed by atoms with Crippen LogP contribution in [0.1, 0.15) is 20.8 Å². The number of hydrogen-bond donors (Lipinski definition) is 1. The Morgan fingerprint density at radius 1 is 1.53 bits per heavy atom. The van der Waals surface area contributed by atoms with Gasteiger partial charge in [0, 0.05) is 19.3 Å². The summed E-state index contributed by atoms with van der Waals surface area (Å²) in [4.78, 5) is 3.85. The maximum atomic E-state index is 11.7. The van der Waals surface area contributed by atoms with Crippen LogP contribution in [0.4, 0.5) is 0 Å². The molecule has 0 saturated heterocycles. The summed E-state index contributed by atoms with van der Waals surface area (Å²) < 4.78 is 27.6. The van der Waals surface area contributed by atoms with Crippen LogP contribution in [-0.4, -0.2) is 24.5 Å². The number of rotatable bonds is 5. The van der Waals surface area contributed by atoms with E-state index in [4.69, 9.17) is 0 Å². The molecule has 1 aromatic heterocycles. The zero-order valence-electron chi connectivity index (χ0n) is 9.27. The van der Waals surface area contributed by atoms with Crippen LogP contribution in [0.2, 0.25) is 0 Å². The maximum absolute atomic E-state index is 11.7. The van der Waals surface area contributed by atoms with E-state index >= 15 is 0 Å². The molecule has 0 unspecified atom stereocenters. The van der Waals surface area contributed by atoms with E-state index in [1.165, 1.54) is 12.5 Å². The summed E-state index contributed by atoms with van der Waals surface area (Å²) in [6.07, 6.45) is 3.05. The van der Waals surface area contributed by atoms with Crippen molar-refractivity contribution < 1.29 is 8.42 Å². The van der Waals surface area contributed by atoms with Crippen molar-refractivity contribution in [3.05, 3.63) is 12.5 Å². The molecule has 6 heteroatoms. The monoisotopic (exact) mass is 231 g/mol. The molecule has 0 amide bonds. The van der Waals surface area contributed by atoms with E-state index in [0.29, 0.717) is 13.1 Å². The van der Waals surface area contributed by atoms with E-state index < -0.39 is 10.0 Å². The van der Waals surface area contributed by atoms with Crippen LogP contribution in [0.5, 0.6) is 0 Å². The molecular weight excluding hydrogens is 214 g/mol. The Kier molecular flexibility index (Phi) is 3.87. The van der Waals surface area contributed by atoms with Crippen LogP contribution >= 0.6 is 0 Å². The first-order chi connectivity index (χ1) is 6.95. The van der Waals surface area contributed by atoms with Crippen molar-refractivity contribution in [2.24, 2.45) is 5.92 Å². The third kappa shape index (κ3) is 3.32. The van der Waals surface area contributed by atoms with Crippen LogP contribution in [0.15, 0.2) is 17.6 Å². The van der Waals surface area contributed by atoms with Crippen LogP contribution in [0.25, 0.3) is 0 Å². The Labute approximate surface area is 90.6 Å². The third-order valence-corrected chi connectivity index (χ3v) is 3.24. The van der Waals surface area contributed by atoms with Crippen molar-refractivity contribution in [1.82, 2.24) is 14.3 Å². The number of imidazole rings is 1. The Balaban J connectivity index is 2.77. The van der Waals surface area contributed by atoms with Crippen molar-refractivity contribution in [2.75, 3.05) is 6.54 Å². The largest absolute Gasteiger partial charge is 0.336 e. The lowest BCUT2D eigenvalue weighted by Crippen LogP contribution is -2.27. The fraction of sp³-hybridized carbons (Fsp3) is 0.667. The Hall–Kier alpha value is -0.880. The fourth-order valence-corrected chi connectivity index (χ4v) is 2.16. The number of aromatic nitrogens is 2. The second-order valence-corrected chi connectivity index (χ2v) is 5.50. The van der Waals surface area contributed by atoms with Gasteiger partial charge in [-0.05, 0) is 12.8 Å². The van der Waals surface area contributed by atoms with E-state index in [1.807, 2.05) is 20.8 Å². The van der Waals surface area contributed by atoms with E-state index in [9.17, 15) is 8.42 Å². The van der Waals surface area contributed by atoms with Gasteiger partial charge in [-0.3, -0.25) is 0 Å². The maximum Gasteiger partial charge on any atom is 0.259 e. The third-order valence-electron chi connectivity index (χ3n) is 1.93. The SMILES string of the molecule is CCn1cnc(S(=O)(=O)NCC(C)C)c1. The molecule has 0 fully saturated rings. The quantitative estimate of drug-likeness (QED) is 0.816. The number of nitrogens with one attached hydrogen (secondary N) is 1. The van der Waals surface area contributed by atoms with E-state index in [2.05, 4.69) is 9.71 Å². The summed E-state index contributed by atoms with van der Waals surface area (Å²) in [5.41, 5.74) is 0. The molecule has 0 aliphatic rings. The lowest BCUT2D eigenvalue weighted by molar-refractivity contribution is 0.557. The minimum atomic E-state index is -3.43. The van der Waals surface area contributed by atoms with Crippen LogP contribution < -0.4 is 4.72 Å². The van der Waals surface area contributed by atoms with Gasteiger partial charge in [-0.25, -0.2) is 18.1 Å². The van der Waals surface area contributed by atoms with Gasteiger partial charge in [-0.2, -0.15) is 0 Å². The van der Waals surface area contributed by atoms with Crippen molar-refractivity contribution in [3.8, 4) is 0 Å². The van der Waals surface area contributed by atoms with Crippen molar-refractivity contribution in [1.29, 1.82) is 0 Å². The van der Waals surface area contributed by atoms with Crippen molar-refractivity contribution in [3.63, 3.8) is 0 Å². The van der Waals surface area contributed by atoms with Crippen LogP contribution in [-0.2, 0) is 16.6 Å². The molecule has 15 heavy (non-hydrogen) atoms. The van der Waals surface area contributed by atoms with E-state index in [1.54, 1.807) is 4.57 Å². The molecular formula is C9H17N3O2S. The minimum absolute atomic E-state index is 0.0880.